The van der Waals surface area contributed by atoms with Gasteiger partial charge in [0.05, 0.1) is 12.4 Å². The highest BCUT2D eigenvalue weighted by molar-refractivity contribution is 7.71. The van der Waals surface area contributed by atoms with E-state index >= 15 is 0 Å². The van der Waals surface area contributed by atoms with Crippen molar-refractivity contribution in [3.63, 3.8) is 0 Å². The molecule has 1 aliphatic rings. The lowest BCUT2D eigenvalue weighted by Crippen LogP contribution is -2.27. The zero-order valence-corrected chi connectivity index (χ0v) is 11.0. The molecule has 0 unspecified atom stereocenters. The number of hydrogen-bond donors (Lipinski definition) is 0. The van der Waals surface area contributed by atoms with Crippen LogP contribution >= 0.6 is 12.2 Å². The molecule has 0 aromatic carbocycles. The smallest absolute Gasteiger partial charge is 0.270 e. The Bertz CT molecular complexity index is 404. The van der Waals surface area contributed by atoms with Crippen molar-refractivity contribution >= 4 is 12.2 Å². The Morgan fingerprint density at radius 3 is 2.62 bits per heavy atom. The molecule has 0 saturated heterocycles. The van der Waals surface area contributed by atoms with Crippen LogP contribution in [0.3, 0.4) is 0 Å². The van der Waals surface area contributed by atoms with E-state index in [4.69, 9.17) is 16.6 Å². The van der Waals surface area contributed by atoms with Gasteiger partial charge < -0.3 is 4.42 Å². The molecule has 1 aromatic heterocycles. The second-order valence-electron chi connectivity index (χ2n) is 4.32. The van der Waals surface area contributed by atoms with Crippen LogP contribution in [0.25, 0.3) is 0 Å². The molecular weight excluding hydrogens is 220 g/mol. The van der Waals surface area contributed by atoms with Crippen LogP contribution in [0.15, 0.2) is 4.42 Å². The van der Waals surface area contributed by atoms with Crippen molar-refractivity contribution in [2.24, 2.45) is 0 Å². The number of fused-ring (bicyclic) bond motifs is 1. The minimum atomic E-state index is 0.652. The van der Waals surface area contributed by atoms with Gasteiger partial charge in [-0.3, -0.25) is 9.47 Å². The maximum atomic E-state index is 5.68. The van der Waals surface area contributed by atoms with Crippen molar-refractivity contribution in [1.29, 1.82) is 0 Å². The van der Waals surface area contributed by atoms with E-state index in [2.05, 4.69) is 23.3 Å². The molecule has 0 bridgehead atoms. The third-order valence-electron chi connectivity index (χ3n) is 3.38. The Labute approximate surface area is 102 Å². The molecule has 3 nitrogen and oxygen atoms in total. The van der Waals surface area contributed by atoms with E-state index in [1.807, 2.05) is 0 Å². The molecule has 0 N–H and O–H groups in total. The molecule has 0 aliphatic heterocycles. The maximum absolute atomic E-state index is 5.68. The summed E-state index contributed by atoms with van der Waals surface area (Å²) in [6, 6.07) is 0. The Morgan fingerprint density at radius 2 is 1.94 bits per heavy atom. The summed E-state index contributed by atoms with van der Waals surface area (Å²) in [7, 11) is 0. The number of hydrogen-bond acceptors (Lipinski definition) is 3. The first-order valence-corrected chi connectivity index (χ1v) is 6.60. The minimum absolute atomic E-state index is 0.652. The van der Waals surface area contributed by atoms with Gasteiger partial charge in [-0.05, 0) is 44.6 Å². The molecule has 0 amide bonds. The lowest BCUT2D eigenvalue weighted by Gasteiger charge is -2.20. The standard InChI is InChI=1S/C12H20N2OS/c1-3-13(4-2)9-14-10-7-5-6-8-11(10)15-12(14)16/h3-9H2,1-2H3. The molecule has 1 aromatic rings. The minimum Gasteiger partial charge on any atom is -0.434 e. The van der Waals surface area contributed by atoms with Crippen molar-refractivity contribution in [1.82, 2.24) is 9.47 Å². The molecule has 1 heterocycles. The molecule has 90 valence electrons. The van der Waals surface area contributed by atoms with Gasteiger partial charge in [0.2, 0.25) is 0 Å². The van der Waals surface area contributed by atoms with Crippen LogP contribution in [-0.4, -0.2) is 22.6 Å². The molecule has 0 fully saturated rings. The van der Waals surface area contributed by atoms with E-state index in [1.54, 1.807) is 0 Å². The quantitative estimate of drug-likeness (QED) is 0.755. The third kappa shape index (κ3) is 2.23. The summed E-state index contributed by atoms with van der Waals surface area (Å²) in [6.45, 7) is 7.35. The first kappa shape index (κ1) is 11.9. The number of aryl methyl sites for hydroxylation is 1. The first-order chi connectivity index (χ1) is 7.76. The van der Waals surface area contributed by atoms with E-state index < -0.39 is 0 Å². The van der Waals surface area contributed by atoms with Crippen LogP contribution < -0.4 is 0 Å². The van der Waals surface area contributed by atoms with Crippen molar-refractivity contribution < 1.29 is 4.42 Å². The lowest BCUT2D eigenvalue weighted by atomic mass is 10.0. The van der Waals surface area contributed by atoms with Gasteiger partial charge >= 0.3 is 0 Å². The predicted molar refractivity (Wildman–Crippen MR) is 67.1 cm³/mol. The zero-order chi connectivity index (χ0) is 11.5. The van der Waals surface area contributed by atoms with Gasteiger partial charge in [0.15, 0.2) is 0 Å². The molecule has 0 spiro atoms. The normalized spacial score (nSPS) is 15.4. The van der Waals surface area contributed by atoms with Crippen molar-refractivity contribution in [2.75, 3.05) is 13.1 Å². The topological polar surface area (TPSA) is 21.3 Å². The summed E-state index contributed by atoms with van der Waals surface area (Å²) < 4.78 is 7.86. The second-order valence-corrected chi connectivity index (χ2v) is 4.67. The summed E-state index contributed by atoms with van der Waals surface area (Å²) in [5.74, 6) is 1.13. The van der Waals surface area contributed by atoms with E-state index in [-0.39, 0.29) is 0 Å². The highest BCUT2D eigenvalue weighted by Gasteiger charge is 2.18. The number of oxazole rings is 1. The average Bonchev–Trinajstić information content (AvgIpc) is 2.62. The van der Waals surface area contributed by atoms with Gasteiger partial charge in [-0.25, -0.2) is 0 Å². The summed E-state index contributed by atoms with van der Waals surface area (Å²) >= 11 is 5.30. The van der Waals surface area contributed by atoms with E-state index in [0.717, 1.165) is 38.4 Å². The van der Waals surface area contributed by atoms with Crippen LogP contribution in [-0.2, 0) is 19.5 Å². The SMILES string of the molecule is CCN(CC)Cn1c2c(oc1=S)CCCC2. The van der Waals surface area contributed by atoms with Crippen LogP contribution in [0.1, 0.15) is 38.1 Å². The van der Waals surface area contributed by atoms with E-state index in [9.17, 15) is 0 Å². The Morgan fingerprint density at radius 1 is 1.25 bits per heavy atom. The molecule has 2 rings (SSSR count). The molecule has 4 heteroatoms. The van der Waals surface area contributed by atoms with E-state index in [1.165, 1.54) is 18.5 Å². The van der Waals surface area contributed by atoms with Gasteiger partial charge in [-0.15, -0.1) is 0 Å². The monoisotopic (exact) mass is 240 g/mol. The van der Waals surface area contributed by atoms with Gasteiger partial charge in [0.25, 0.3) is 4.84 Å². The Hall–Kier alpha value is -0.610. The van der Waals surface area contributed by atoms with Gasteiger partial charge in [0.1, 0.15) is 5.76 Å². The summed E-state index contributed by atoms with van der Waals surface area (Å²) in [4.78, 5) is 3.01. The molecule has 16 heavy (non-hydrogen) atoms. The van der Waals surface area contributed by atoms with E-state index in [0.29, 0.717) is 4.84 Å². The van der Waals surface area contributed by atoms with Crippen molar-refractivity contribution in [2.45, 2.75) is 46.2 Å². The summed E-state index contributed by atoms with van der Waals surface area (Å²) in [6.07, 6.45) is 4.68. The largest absolute Gasteiger partial charge is 0.434 e. The molecule has 0 saturated carbocycles. The zero-order valence-electron chi connectivity index (χ0n) is 10.2. The summed E-state index contributed by atoms with van der Waals surface area (Å²) in [5.41, 5.74) is 1.34. The number of rotatable bonds is 4. The fraction of sp³-hybridized carbons (Fsp3) is 0.750. The summed E-state index contributed by atoms with van der Waals surface area (Å²) in [5, 5.41) is 0. The van der Waals surface area contributed by atoms with Gasteiger partial charge in [0, 0.05) is 6.42 Å². The lowest BCUT2D eigenvalue weighted by molar-refractivity contribution is 0.233. The Kier molecular flexibility index (Phi) is 3.82. The van der Waals surface area contributed by atoms with Gasteiger partial charge in [-0.2, -0.15) is 0 Å². The molecule has 0 radical (unpaired) electrons. The van der Waals surface area contributed by atoms with Crippen LogP contribution in [0.4, 0.5) is 0 Å². The molecule has 1 aliphatic carbocycles. The van der Waals surface area contributed by atoms with Crippen molar-refractivity contribution in [3.05, 3.63) is 16.3 Å². The van der Waals surface area contributed by atoms with Crippen molar-refractivity contribution in [3.8, 4) is 0 Å². The van der Waals surface area contributed by atoms with Crippen LogP contribution in [0, 0.1) is 4.84 Å². The van der Waals surface area contributed by atoms with Crippen LogP contribution in [0.5, 0.6) is 0 Å². The molecule has 0 atom stereocenters. The predicted octanol–water partition coefficient (Wildman–Crippen LogP) is 2.99. The molecular formula is C12H20N2OS. The highest BCUT2D eigenvalue weighted by Crippen LogP contribution is 2.23. The Balaban J connectivity index is 2.26. The highest BCUT2D eigenvalue weighted by atomic mass is 32.1. The first-order valence-electron chi connectivity index (χ1n) is 6.20. The fourth-order valence-electron chi connectivity index (χ4n) is 2.29. The number of aromatic nitrogens is 1. The maximum Gasteiger partial charge on any atom is 0.270 e. The fourth-order valence-corrected chi connectivity index (χ4v) is 2.56. The average molecular weight is 240 g/mol. The number of nitrogens with zero attached hydrogens (tertiary/aromatic N) is 2. The third-order valence-corrected chi connectivity index (χ3v) is 3.69. The van der Waals surface area contributed by atoms with Crippen LogP contribution in [0.2, 0.25) is 0 Å². The van der Waals surface area contributed by atoms with Gasteiger partial charge in [-0.1, -0.05) is 13.8 Å². The second kappa shape index (κ2) is 5.15.